The normalized spacial score (nSPS) is 18.4. The lowest BCUT2D eigenvalue weighted by Gasteiger charge is -2.10. The summed E-state index contributed by atoms with van der Waals surface area (Å²) in [7, 11) is 3.44. The quantitative estimate of drug-likeness (QED) is 0.806. The summed E-state index contributed by atoms with van der Waals surface area (Å²) in [6.45, 7) is 2.60. The number of fused-ring (bicyclic) bond motifs is 1. The Morgan fingerprint density at radius 2 is 1.96 bits per heavy atom. The average molecular weight is 326 g/mol. The highest BCUT2D eigenvalue weighted by atomic mass is 32.2. The summed E-state index contributed by atoms with van der Waals surface area (Å²) in [6.07, 6.45) is 1.93. The Hall–Kier alpha value is -2.27. The highest BCUT2D eigenvalue weighted by Crippen LogP contribution is 2.34. The van der Waals surface area contributed by atoms with Gasteiger partial charge in [0.2, 0.25) is 0 Å². The van der Waals surface area contributed by atoms with Gasteiger partial charge in [-0.05, 0) is 41.8 Å². The molecule has 3 rings (SSSR count). The number of nitrogens with zero attached hydrogens (tertiary/aromatic N) is 2. The van der Waals surface area contributed by atoms with Gasteiger partial charge in [-0.2, -0.15) is 0 Å². The smallest absolute Gasteiger partial charge is 0.266 e. The first-order valence-electron chi connectivity index (χ1n) is 7.44. The van der Waals surface area contributed by atoms with E-state index >= 15 is 0 Å². The van der Waals surface area contributed by atoms with Crippen molar-refractivity contribution in [3.05, 3.63) is 46.9 Å². The zero-order valence-corrected chi connectivity index (χ0v) is 14.2. The first-order valence-corrected chi connectivity index (χ1v) is 8.26. The molecule has 0 radical (unpaired) electrons. The maximum absolute atomic E-state index is 12.3. The molecule has 1 aliphatic rings. The summed E-state index contributed by atoms with van der Waals surface area (Å²) in [5.74, 6) is 0.845. The van der Waals surface area contributed by atoms with E-state index in [9.17, 15) is 4.79 Å². The van der Waals surface area contributed by atoms with Gasteiger partial charge in [0.15, 0.2) is 5.17 Å². The minimum atomic E-state index is -0.0198. The maximum Gasteiger partial charge on any atom is 0.266 e. The Morgan fingerprint density at radius 1 is 1.22 bits per heavy atom. The molecule has 1 saturated heterocycles. The summed E-state index contributed by atoms with van der Waals surface area (Å²) in [6, 6.07) is 12.0. The number of ether oxygens (including phenoxy) is 1. The molecule has 0 N–H and O–H groups in total. The number of hydrogen-bond donors (Lipinski definition) is 0. The molecule has 0 aromatic heterocycles. The van der Waals surface area contributed by atoms with Crippen molar-refractivity contribution in [2.45, 2.75) is 6.92 Å². The molecule has 1 fully saturated rings. The molecule has 1 heterocycles. The SMILES string of the molecule is CCOc1ccc(/C=C2\SC(=NC)N(C)C2=O)c2ccccc12. The van der Waals surface area contributed by atoms with Crippen molar-refractivity contribution in [2.75, 3.05) is 20.7 Å². The van der Waals surface area contributed by atoms with E-state index in [1.54, 1.807) is 19.0 Å². The Bertz CT molecular complexity index is 827. The van der Waals surface area contributed by atoms with E-state index in [2.05, 4.69) is 4.99 Å². The molecule has 118 valence electrons. The number of amidine groups is 1. The Labute approximate surface area is 139 Å². The van der Waals surface area contributed by atoms with Crippen molar-refractivity contribution in [3.8, 4) is 5.75 Å². The molecular weight excluding hydrogens is 308 g/mol. The number of carbonyl (C=O) groups excluding carboxylic acids is 1. The Morgan fingerprint density at radius 3 is 2.61 bits per heavy atom. The van der Waals surface area contributed by atoms with Crippen molar-refractivity contribution >= 4 is 39.7 Å². The highest BCUT2D eigenvalue weighted by Gasteiger charge is 2.29. The molecule has 0 spiro atoms. The van der Waals surface area contributed by atoms with Gasteiger partial charge in [0.25, 0.3) is 5.91 Å². The molecule has 0 atom stereocenters. The van der Waals surface area contributed by atoms with E-state index < -0.39 is 0 Å². The zero-order chi connectivity index (χ0) is 16.4. The zero-order valence-electron chi connectivity index (χ0n) is 13.4. The number of amides is 1. The van der Waals surface area contributed by atoms with E-state index in [1.165, 1.54) is 11.8 Å². The van der Waals surface area contributed by atoms with Gasteiger partial charge in [0.1, 0.15) is 5.75 Å². The van der Waals surface area contributed by atoms with Gasteiger partial charge in [-0.1, -0.05) is 30.3 Å². The lowest BCUT2D eigenvalue weighted by molar-refractivity contribution is -0.121. The van der Waals surface area contributed by atoms with Crippen LogP contribution in [-0.4, -0.2) is 36.7 Å². The lowest BCUT2D eigenvalue weighted by atomic mass is 10.0. The molecule has 2 aromatic carbocycles. The van der Waals surface area contributed by atoms with Crippen LogP contribution in [0, 0.1) is 0 Å². The van der Waals surface area contributed by atoms with Crippen LogP contribution in [0.2, 0.25) is 0 Å². The fraction of sp³-hybridized carbons (Fsp3) is 0.222. The van der Waals surface area contributed by atoms with Gasteiger partial charge in [-0.25, -0.2) is 0 Å². The average Bonchev–Trinajstić information content (AvgIpc) is 2.85. The molecule has 0 aliphatic carbocycles. The van der Waals surface area contributed by atoms with Crippen LogP contribution >= 0.6 is 11.8 Å². The molecule has 1 aliphatic heterocycles. The first-order chi connectivity index (χ1) is 11.2. The van der Waals surface area contributed by atoms with E-state index in [-0.39, 0.29) is 5.91 Å². The number of carbonyl (C=O) groups is 1. The summed E-state index contributed by atoms with van der Waals surface area (Å²) in [5, 5.41) is 2.84. The largest absolute Gasteiger partial charge is 0.493 e. The van der Waals surface area contributed by atoms with Crippen LogP contribution in [0.5, 0.6) is 5.75 Å². The van der Waals surface area contributed by atoms with E-state index in [1.807, 2.05) is 49.4 Å². The Balaban J connectivity index is 2.10. The van der Waals surface area contributed by atoms with Crippen LogP contribution in [0.15, 0.2) is 46.3 Å². The van der Waals surface area contributed by atoms with Crippen molar-refractivity contribution in [1.82, 2.24) is 4.90 Å². The summed E-state index contributed by atoms with van der Waals surface area (Å²) in [5.41, 5.74) is 1.01. The lowest BCUT2D eigenvalue weighted by Crippen LogP contribution is -2.23. The summed E-state index contributed by atoms with van der Waals surface area (Å²) < 4.78 is 5.70. The first kappa shape index (κ1) is 15.6. The highest BCUT2D eigenvalue weighted by molar-refractivity contribution is 8.18. The fourth-order valence-corrected chi connectivity index (χ4v) is 3.51. The molecule has 23 heavy (non-hydrogen) atoms. The minimum absolute atomic E-state index is 0.0198. The number of aliphatic imine (C=N–C) groups is 1. The summed E-state index contributed by atoms with van der Waals surface area (Å²) in [4.78, 5) is 18.7. The number of hydrogen-bond acceptors (Lipinski definition) is 4. The van der Waals surface area contributed by atoms with Crippen LogP contribution in [0.1, 0.15) is 12.5 Å². The molecule has 0 unspecified atom stereocenters. The van der Waals surface area contributed by atoms with Gasteiger partial charge < -0.3 is 4.74 Å². The third-order valence-electron chi connectivity index (χ3n) is 3.70. The molecule has 2 aromatic rings. The molecule has 1 amide bonds. The Kier molecular flexibility index (Phi) is 4.39. The van der Waals surface area contributed by atoms with E-state index in [0.717, 1.165) is 27.3 Å². The van der Waals surface area contributed by atoms with Crippen molar-refractivity contribution in [3.63, 3.8) is 0 Å². The predicted molar refractivity (Wildman–Crippen MR) is 96.8 cm³/mol. The number of rotatable bonds is 3. The number of benzene rings is 2. The molecule has 4 nitrogen and oxygen atoms in total. The monoisotopic (exact) mass is 326 g/mol. The van der Waals surface area contributed by atoms with Gasteiger partial charge in [0.05, 0.1) is 11.5 Å². The number of thioether (sulfide) groups is 1. The predicted octanol–water partition coefficient (Wildman–Crippen LogP) is 3.77. The topological polar surface area (TPSA) is 41.9 Å². The molecular formula is C18H18N2O2S. The second-order valence-electron chi connectivity index (χ2n) is 5.11. The van der Waals surface area contributed by atoms with Crippen LogP contribution in [-0.2, 0) is 4.79 Å². The maximum atomic E-state index is 12.3. The third-order valence-corrected chi connectivity index (χ3v) is 4.85. The van der Waals surface area contributed by atoms with Crippen LogP contribution < -0.4 is 4.74 Å². The number of likely N-dealkylation sites (N-methyl/N-ethyl adjacent to an activating group) is 1. The van der Waals surface area contributed by atoms with E-state index in [4.69, 9.17) is 4.74 Å². The van der Waals surface area contributed by atoms with Gasteiger partial charge >= 0.3 is 0 Å². The van der Waals surface area contributed by atoms with Crippen LogP contribution in [0.25, 0.3) is 16.8 Å². The van der Waals surface area contributed by atoms with Crippen LogP contribution in [0.4, 0.5) is 0 Å². The van der Waals surface area contributed by atoms with E-state index in [0.29, 0.717) is 11.5 Å². The second kappa shape index (κ2) is 6.46. The molecule has 0 bridgehead atoms. The van der Waals surface area contributed by atoms with Crippen molar-refractivity contribution in [2.24, 2.45) is 4.99 Å². The van der Waals surface area contributed by atoms with Crippen molar-refractivity contribution in [1.29, 1.82) is 0 Å². The van der Waals surface area contributed by atoms with Gasteiger partial charge in [-0.15, -0.1) is 0 Å². The van der Waals surface area contributed by atoms with Gasteiger partial charge in [0, 0.05) is 19.5 Å². The third kappa shape index (κ3) is 2.84. The van der Waals surface area contributed by atoms with Gasteiger partial charge in [-0.3, -0.25) is 14.7 Å². The molecule has 5 heteroatoms. The fourth-order valence-electron chi connectivity index (χ4n) is 2.59. The standard InChI is InChI=1S/C18H18N2O2S/c1-4-22-15-10-9-12(13-7-5-6-8-14(13)15)11-16-17(21)20(3)18(19-2)23-16/h5-11H,4H2,1-3H3/b16-11-,19-18?. The van der Waals surface area contributed by atoms with Crippen LogP contribution in [0.3, 0.4) is 0 Å². The second-order valence-corrected chi connectivity index (χ2v) is 6.12. The molecule has 0 saturated carbocycles. The minimum Gasteiger partial charge on any atom is -0.493 e. The summed E-state index contributed by atoms with van der Waals surface area (Å²) >= 11 is 1.40. The van der Waals surface area contributed by atoms with Crippen molar-refractivity contribution < 1.29 is 9.53 Å².